The van der Waals surface area contributed by atoms with Crippen molar-refractivity contribution in [2.24, 2.45) is 0 Å². The Kier molecular flexibility index (Phi) is 5.57. The number of nitrogens with one attached hydrogen (secondary N) is 1. The van der Waals surface area contributed by atoms with Gasteiger partial charge in [-0.25, -0.2) is 4.39 Å². The van der Waals surface area contributed by atoms with Crippen molar-refractivity contribution in [1.82, 2.24) is 20.4 Å². The van der Waals surface area contributed by atoms with E-state index in [1.807, 2.05) is 6.92 Å². The highest BCUT2D eigenvalue weighted by atomic mass is 32.1. The fourth-order valence-electron chi connectivity index (χ4n) is 2.19. The summed E-state index contributed by atoms with van der Waals surface area (Å²) in [6.07, 6.45) is 0.639. The number of hydrogen-bond donors (Lipinski definition) is 1. The van der Waals surface area contributed by atoms with Gasteiger partial charge in [-0.1, -0.05) is 12.1 Å². The van der Waals surface area contributed by atoms with Gasteiger partial charge in [0.25, 0.3) is 0 Å². The second kappa shape index (κ2) is 7.42. The number of benzene rings is 1. The fraction of sp³-hybridized carbons (Fsp3) is 0.400. The lowest BCUT2D eigenvalue weighted by atomic mass is 10.1. The van der Waals surface area contributed by atoms with E-state index in [1.165, 1.54) is 23.5 Å². The number of halogens is 1. The smallest absolute Gasteiger partial charge is 0.241 e. The highest BCUT2D eigenvalue weighted by Crippen LogP contribution is 2.19. The molecule has 0 spiro atoms. The predicted octanol–water partition coefficient (Wildman–Crippen LogP) is 1.95. The summed E-state index contributed by atoms with van der Waals surface area (Å²) in [5.41, 5.74) is 0.634. The van der Waals surface area contributed by atoms with E-state index in [9.17, 15) is 9.18 Å². The van der Waals surface area contributed by atoms with Gasteiger partial charge < -0.3 is 5.32 Å². The van der Waals surface area contributed by atoms with Gasteiger partial charge in [0.1, 0.15) is 21.9 Å². The van der Waals surface area contributed by atoms with E-state index in [2.05, 4.69) is 15.5 Å². The van der Waals surface area contributed by atoms with Gasteiger partial charge in [-0.3, -0.25) is 9.69 Å². The monoisotopic (exact) mass is 322 g/mol. The zero-order valence-electron chi connectivity index (χ0n) is 12.8. The predicted molar refractivity (Wildman–Crippen MR) is 84.2 cm³/mol. The standard InChI is InChI=1S/C15H19FN4OS/c1-10-18-19-13(22-10)7-8-17-15(21)14(20(2)3)11-5-4-6-12(16)9-11/h4-6,9,14H,7-8H2,1-3H3,(H,17,21)/t14-/m0/s1. The average Bonchev–Trinajstić information content (AvgIpc) is 2.84. The van der Waals surface area contributed by atoms with Crippen LogP contribution >= 0.6 is 11.3 Å². The van der Waals surface area contributed by atoms with Crippen LogP contribution in [-0.2, 0) is 11.2 Å². The molecule has 7 heteroatoms. The third-order valence-electron chi connectivity index (χ3n) is 3.14. The first-order chi connectivity index (χ1) is 10.5. The molecule has 2 rings (SSSR count). The number of carbonyl (C=O) groups is 1. The molecule has 0 saturated heterocycles. The molecule has 1 amide bonds. The Morgan fingerprint density at radius 2 is 2.18 bits per heavy atom. The molecule has 2 aromatic rings. The largest absolute Gasteiger partial charge is 0.354 e. The van der Waals surface area contributed by atoms with Crippen molar-refractivity contribution < 1.29 is 9.18 Å². The van der Waals surface area contributed by atoms with Crippen molar-refractivity contribution in [2.75, 3.05) is 20.6 Å². The minimum absolute atomic E-state index is 0.156. The molecule has 1 heterocycles. The zero-order valence-corrected chi connectivity index (χ0v) is 13.7. The van der Waals surface area contributed by atoms with Crippen LogP contribution in [0.5, 0.6) is 0 Å². The molecule has 1 N–H and O–H groups in total. The van der Waals surface area contributed by atoms with Crippen molar-refractivity contribution in [3.8, 4) is 0 Å². The van der Waals surface area contributed by atoms with E-state index in [0.29, 0.717) is 18.5 Å². The van der Waals surface area contributed by atoms with E-state index in [0.717, 1.165) is 10.0 Å². The molecule has 0 aliphatic rings. The Morgan fingerprint density at radius 3 is 2.77 bits per heavy atom. The average molecular weight is 322 g/mol. The number of likely N-dealkylation sites (N-methyl/N-ethyl adjacent to an activating group) is 1. The normalized spacial score (nSPS) is 12.4. The maximum absolute atomic E-state index is 13.4. The number of amides is 1. The van der Waals surface area contributed by atoms with Gasteiger partial charge in [-0.05, 0) is 38.7 Å². The maximum Gasteiger partial charge on any atom is 0.241 e. The molecule has 1 aromatic heterocycles. The Bertz CT molecular complexity index is 644. The summed E-state index contributed by atoms with van der Waals surface area (Å²) in [6, 6.07) is 5.59. The van der Waals surface area contributed by atoms with Crippen LogP contribution in [0.3, 0.4) is 0 Å². The van der Waals surface area contributed by atoms with E-state index in [4.69, 9.17) is 0 Å². The van der Waals surface area contributed by atoms with Gasteiger partial charge in [0, 0.05) is 13.0 Å². The molecule has 0 aliphatic heterocycles. The van der Waals surface area contributed by atoms with Crippen LogP contribution in [-0.4, -0.2) is 41.6 Å². The lowest BCUT2D eigenvalue weighted by Gasteiger charge is -2.23. The van der Waals surface area contributed by atoms with Gasteiger partial charge in [-0.2, -0.15) is 0 Å². The molecule has 1 atom stereocenters. The zero-order chi connectivity index (χ0) is 16.1. The van der Waals surface area contributed by atoms with Gasteiger partial charge in [0.2, 0.25) is 5.91 Å². The molecule has 0 saturated carbocycles. The third-order valence-corrected chi connectivity index (χ3v) is 4.03. The number of aromatic nitrogens is 2. The second-order valence-corrected chi connectivity index (χ2v) is 6.44. The number of rotatable bonds is 6. The number of aryl methyl sites for hydroxylation is 1. The third kappa shape index (κ3) is 4.32. The van der Waals surface area contributed by atoms with Gasteiger partial charge in [0.05, 0.1) is 0 Å². The molecule has 22 heavy (non-hydrogen) atoms. The summed E-state index contributed by atoms with van der Waals surface area (Å²) in [6.45, 7) is 2.37. The minimum Gasteiger partial charge on any atom is -0.354 e. The van der Waals surface area contributed by atoms with Crippen LogP contribution in [0.4, 0.5) is 4.39 Å². The summed E-state index contributed by atoms with van der Waals surface area (Å²) in [5, 5.41) is 12.6. The molecule has 0 radical (unpaired) electrons. The van der Waals surface area contributed by atoms with Gasteiger partial charge >= 0.3 is 0 Å². The second-order valence-electron chi connectivity index (χ2n) is 5.18. The van der Waals surface area contributed by atoms with Crippen molar-refractivity contribution in [1.29, 1.82) is 0 Å². The minimum atomic E-state index is -0.521. The Labute approximate surface area is 133 Å². The molecule has 118 valence electrons. The highest BCUT2D eigenvalue weighted by molar-refractivity contribution is 7.11. The maximum atomic E-state index is 13.4. The van der Waals surface area contributed by atoms with E-state index >= 15 is 0 Å². The fourth-order valence-corrected chi connectivity index (χ4v) is 2.90. The van der Waals surface area contributed by atoms with Crippen LogP contribution in [0.25, 0.3) is 0 Å². The van der Waals surface area contributed by atoms with E-state index in [-0.39, 0.29) is 11.7 Å². The van der Waals surface area contributed by atoms with Crippen LogP contribution in [0, 0.1) is 12.7 Å². The topological polar surface area (TPSA) is 58.1 Å². The molecule has 0 bridgehead atoms. The van der Waals surface area contributed by atoms with E-state index in [1.54, 1.807) is 31.1 Å². The molecule has 5 nitrogen and oxygen atoms in total. The molecule has 0 aliphatic carbocycles. The number of hydrogen-bond acceptors (Lipinski definition) is 5. The number of nitrogens with zero attached hydrogens (tertiary/aromatic N) is 3. The lowest BCUT2D eigenvalue weighted by Crippen LogP contribution is -2.38. The van der Waals surface area contributed by atoms with Crippen LogP contribution in [0.2, 0.25) is 0 Å². The molecular formula is C15H19FN4OS. The van der Waals surface area contributed by atoms with Crippen molar-refractivity contribution in [3.63, 3.8) is 0 Å². The first kappa shape index (κ1) is 16.5. The van der Waals surface area contributed by atoms with Crippen LogP contribution in [0.15, 0.2) is 24.3 Å². The first-order valence-corrected chi connectivity index (χ1v) is 7.77. The Morgan fingerprint density at radius 1 is 1.41 bits per heavy atom. The Hall–Kier alpha value is -1.86. The van der Waals surface area contributed by atoms with Gasteiger partial charge in [0.15, 0.2) is 0 Å². The Balaban J connectivity index is 1.98. The lowest BCUT2D eigenvalue weighted by molar-refractivity contribution is -0.125. The molecule has 0 unspecified atom stereocenters. The van der Waals surface area contributed by atoms with E-state index < -0.39 is 6.04 Å². The SMILES string of the molecule is Cc1nnc(CCNC(=O)[C@H](c2cccc(F)c2)N(C)C)s1. The molecule has 0 fully saturated rings. The van der Waals surface area contributed by atoms with Crippen LogP contribution in [0.1, 0.15) is 21.6 Å². The van der Waals surface area contributed by atoms with Crippen molar-refractivity contribution >= 4 is 17.2 Å². The summed E-state index contributed by atoms with van der Waals surface area (Å²) < 4.78 is 13.4. The summed E-state index contributed by atoms with van der Waals surface area (Å²) >= 11 is 1.52. The molecular weight excluding hydrogens is 303 g/mol. The summed E-state index contributed by atoms with van der Waals surface area (Å²) in [4.78, 5) is 14.1. The highest BCUT2D eigenvalue weighted by Gasteiger charge is 2.22. The molecule has 1 aromatic carbocycles. The van der Waals surface area contributed by atoms with Crippen LogP contribution < -0.4 is 5.32 Å². The summed E-state index contributed by atoms with van der Waals surface area (Å²) in [5.74, 6) is -0.502. The van der Waals surface area contributed by atoms with Gasteiger partial charge in [-0.15, -0.1) is 21.5 Å². The quantitative estimate of drug-likeness (QED) is 0.883. The van der Waals surface area contributed by atoms with Crippen molar-refractivity contribution in [3.05, 3.63) is 45.7 Å². The van der Waals surface area contributed by atoms with Crippen molar-refractivity contribution in [2.45, 2.75) is 19.4 Å². The number of carbonyl (C=O) groups excluding carboxylic acids is 1. The first-order valence-electron chi connectivity index (χ1n) is 6.96. The summed E-state index contributed by atoms with van der Waals surface area (Å²) in [7, 11) is 3.59.